The minimum absolute atomic E-state index is 0.00899. The van der Waals surface area contributed by atoms with Gasteiger partial charge in [-0.25, -0.2) is 9.69 Å². The molecule has 3 aromatic rings. The first kappa shape index (κ1) is 78.3. The fourth-order valence-electron chi connectivity index (χ4n) is 11.2. The molecule has 1 unspecified atom stereocenters. The number of hydrogen-bond donors (Lipinski definition) is 3. The summed E-state index contributed by atoms with van der Waals surface area (Å²) in [6.07, 6.45) is 3.57. The van der Waals surface area contributed by atoms with E-state index < -0.39 is 54.0 Å². The summed E-state index contributed by atoms with van der Waals surface area (Å²) in [5, 5.41) is 17.2. The molecule has 101 heavy (non-hydrogen) atoms. The zero-order chi connectivity index (χ0) is 72.0. The molecular weight excluding hydrogens is 1320 g/mol. The smallest absolute Gasteiger partial charge is 0.416 e. The van der Waals surface area contributed by atoms with Gasteiger partial charge in [0.1, 0.15) is 12.4 Å². The number of carbonyl (C=O) groups excluding carboxylic acids is 9. The molecule has 3 N–H and O–H groups in total. The highest BCUT2D eigenvalue weighted by molar-refractivity contribution is 6.13. The second-order valence-corrected chi connectivity index (χ2v) is 24.6. The molecule has 0 aromatic heterocycles. The molecule has 2 saturated heterocycles. The lowest BCUT2D eigenvalue weighted by atomic mass is 9.88. The summed E-state index contributed by atoms with van der Waals surface area (Å²) in [7, 11) is 2.93. The van der Waals surface area contributed by atoms with Crippen molar-refractivity contribution in [3.05, 3.63) is 82.9 Å². The number of nitrogens with zero attached hydrogens (tertiary/aromatic N) is 5. The highest BCUT2D eigenvalue weighted by atomic mass is 16.6. The number of methoxy groups -OCH3 is 2. The lowest BCUT2D eigenvalue weighted by Gasteiger charge is -2.43. The van der Waals surface area contributed by atoms with E-state index in [-0.39, 0.29) is 123 Å². The number of rotatable bonds is 48. The number of nitrogens with one attached hydrogen (secondary N) is 2. The highest BCUT2D eigenvalue weighted by Crippen LogP contribution is 2.43. The first-order chi connectivity index (χ1) is 49.0. The van der Waals surface area contributed by atoms with Crippen LogP contribution in [-0.2, 0) is 84.4 Å². The summed E-state index contributed by atoms with van der Waals surface area (Å²) >= 11 is 0. The Morgan fingerprint density at radius 2 is 1.13 bits per heavy atom. The van der Waals surface area contributed by atoms with E-state index in [9.17, 15) is 48.3 Å². The largest absolute Gasteiger partial charge is 0.493 e. The minimum Gasteiger partial charge on any atom is -0.493 e. The summed E-state index contributed by atoms with van der Waals surface area (Å²) in [5.74, 6) is -2.03. The number of anilines is 1. The molecule has 30 nitrogen and oxygen atoms in total. The van der Waals surface area contributed by atoms with Crippen molar-refractivity contribution in [3.63, 3.8) is 0 Å². The number of aliphatic hydroxyl groups excluding tert-OH is 1. The number of ketones is 2. The van der Waals surface area contributed by atoms with Gasteiger partial charge in [0.15, 0.2) is 35.0 Å². The molecular formula is C71H95N7O23. The number of carbonyl (C=O) groups is 9. The van der Waals surface area contributed by atoms with Crippen molar-refractivity contribution < 1.29 is 110 Å². The molecule has 552 valence electrons. The molecule has 30 heteroatoms. The number of amides is 7. The van der Waals surface area contributed by atoms with Crippen molar-refractivity contribution in [2.45, 2.75) is 96.7 Å². The Morgan fingerprint density at radius 3 is 1.66 bits per heavy atom. The number of hydrogen-bond acceptors (Lipinski definition) is 24. The summed E-state index contributed by atoms with van der Waals surface area (Å²) in [6, 6.07) is 11.5. The molecule has 0 spiro atoms. The third-order valence-corrected chi connectivity index (χ3v) is 17.3. The van der Waals surface area contributed by atoms with Gasteiger partial charge in [-0.15, -0.1) is 0 Å². The molecule has 2 fully saturated rings. The van der Waals surface area contributed by atoms with Crippen LogP contribution in [0, 0.1) is 11.8 Å². The molecule has 0 bridgehead atoms. The number of benzene rings is 3. The molecule has 7 amide bonds. The predicted octanol–water partition coefficient (Wildman–Crippen LogP) is 3.97. The van der Waals surface area contributed by atoms with Crippen molar-refractivity contribution in [2.24, 2.45) is 16.8 Å². The second kappa shape index (κ2) is 40.8. The topological polar surface area (TPSA) is 343 Å². The number of aliphatic hydroxyl groups is 1. The number of aliphatic imine (C=N–C) groups is 1. The van der Waals surface area contributed by atoms with Crippen molar-refractivity contribution in [1.82, 2.24) is 25.3 Å². The van der Waals surface area contributed by atoms with E-state index in [2.05, 4.69) is 15.6 Å². The van der Waals surface area contributed by atoms with Crippen LogP contribution in [-0.4, -0.2) is 263 Å². The van der Waals surface area contributed by atoms with E-state index in [1.807, 2.05) is 13.8 Å². The quantitative estimate of drug-likeness (QED) is 0.0532. The Balaban J connectivity index is 0.635. The Bertz CT molecular complexity index is 3330. The monoisotopic (exact) mass is 1410 g/mol. The third kappa shape index (κ3) is 23.3. The maximum atomic E-state index is 14.1. The Kier molecular flexibility index (Phi) is 31.7. The zero-order valence-electron chi connectivity index (χ0n) is 58.2. The van der Waals surface area contributed by atoms with Crippen LogP contribution in [0.5, 0.6) is 23.0 Å². The fourth-order valence-corrected chi connectivity index (χ4v) is 11.2. The molecule has 0 saturated carbocycles. The van der Waals surface area contributed by atoms with Gasteiger partial charge in [0, 0.05) is 94.7 Å². The Labute approximate surface area is 587 Å². The highest BCUT2D eigenvalue weighted by Gasteiger charge is 2.48. The molecule has 5 aliphatic rings. The van der Waals surface area contributed by atoms with E-state index in [0.29, 0.717) is 159 Å². The van der Waals surface area contributed by atoms with Crippen LogP contribution in [0.3, 0.4) is 0 Å². The second-order valence-electron chi connectivity index (χ2n) is 24.6. The molecule has 5 heterocycles. The predicted molar refractivity (Wildman–Crippen MR) is 363 cm³/mol. The van der Waals surface area contributed by atoms with Crippen LogP contribution in [0.4, 0.5) is 16.2 Å². The summed E-state index contributed by atoms with van der Waals surface area (Å²) in [4.78, 5) is 126. The standard InChI is InChI=1S/C71H95N7O23/c1-47(2)53(40-52(79)16-23-91-25-27-93-29-31-95-33-35-97-37-38-98-36-34-96-32-30-94-28-26-92-24-17-72-64(81)15-20-77-65(82)11-12-66(77)83)67(84)74-48(3)59(80)39-49-7-9-50(10-8-49)46-101-71(88)78-58-44-63(61(90-5)42-55(58)69(86)76-19-14-57(76)70(78)87)100-22-6-21-99-62-43-56-54(41-60(62)89-4)68(85)75-18-13-51(75)45-73-56/h7-12,41-45,47-48,51,53,57,70,87H,6,13-40,46H2,1-5H3,(H,72,81)(H,74,84)/t48-,51-,53-,57-,70?/m0/s1. The van der Waals surface area contributed by atoms with E-state index in [1.165, 1.54) is 43.4 Å². The molecule has 5 aliphatic heterocycles. The van der Waals surface area contributed by atoms with Crippen LogP contribution in [0.15, 0.2) is 65.7 Å². The summed E-state index contributed by atoms with van der Waals surface area (Å²) in [6.45, 7) is 12.4. The van der Waals surface area contributed by atoms with E-state index in [4.69, 9.17) is 61.6 Å². The van der Waals surface area contributed by atoms with Gasteiger partial charge < -0.3 is 87.1 Å². The lowest BCUT2D eigenvalue weighted by Crippen LogP contribution is -2.60. The van der Waals surface area contributed by atoms with Gasteiger partial charge in [-0.3, -0.25) is 48.2 Å². The van der Waals surface area contributed by atoms with Crippen molar-refractivity contribution >= 4 is 70.7 Å². The molecule has 5 atom stereocenters. The van der Waals surface area contributed by atoms with Gasteiger partial charge in [0.05, 0.1) is 174 Å². The molecule has 3 aromatic carbocycles. The summed E-state index contributed by atoms with van der Waals surface area (Å²) < 4.78 is 73.4. The average molecular weight is 1410 g/mol. The molecule has 0 radical (unpaired) electrons. The lowest BCUT2D eigenvalue weighted by molar-refractivity contribution is -0.137. The number of Topliss-reactive ketones (excluding diaryl/α,β-unsaturated/α-hetero) is 2. The van der Waals surface area contributed by atoms with E-state index in [0.717, 1.165) is 16.2 Å². The SMILES string of the molecule is COc1cc2c(cc1OCCCOc1cc3c(cc1OC)C(=O)N1CC[C@H]1C(O)N3C(=O)OCc1ccc(CC(=O)[C@H](C)NC(=O)[C@@H](CC(=O)CCOCCOCCOCCOCCOCCOCCOCCOCCNC(=O)CCN3C(=O)C=CC3=O)C(C)C)cc1)N=C[C@@H]1CCN1C2=O. The molecule has 0 aliphatic carbocycles. The fraction of sp³-hybridized carbons (Fsp3) is 0.577. The van der Waals surface area contributed by atoms with Crippen molar-refractivity contribution in [2.75, 3.05) is 164 Å². The van der Waals surface area contributed by atoms with Crippen molar-refractivity contribution in [3.8, 4) is 23.0 Å². The van der Waals surface area contributed by atoms with Crippen LogP contribution in [0.1, 0.15) is 91.1 Å². The summed E-state index contributed by atoms with van der Waals surface area (Å²) in [5.41, 5.74) is 2.34. The van der Waals surface area contributed by atoms with Gasteiger partial charge in [-0.05, 0) is 48.9 Å². The maximum Gasteiger partial charge on any atom is 0.416 e. The van der Waals surface area contributed by atoms with Crippen LogP contribution in [0.25, 0.3) is 0 Å². The van der Waals surface area contributed by atoms with E-state index in [1.54, 1.807) is 54.4 Å². The average Bonchev–Trinajstić information content (AvgIpc) is 1.62. The van der Waals surface area contributed by atoms with Gasteiger partial charge in [-0.2, -0.15) is 0 Å². The molecule has 8 rings (SSSR count). The van der Waals surface area contributed by atoms with Crippen LogP contribution < -0.4 is 34.5 Å². The van der Waals surface area contributed by atoms with Gasteiger partial charge >= 0.3 is 6.09 Å². The first-order valence-corrected chi connectivity index (χ1v) is 34.3. The number of fused-ring (bicyclic) bond motifs is 4. The van der Waals surface area contributed by atoms with Gasteiger partial charge in [-0.1, -0.05) is 38.1 Å². The Hall–Kier alpha value is -8.46. The van der Waals surface area contributed by atoms with E-state index >= 15 is 0 Å². The minimum atomic E-state index is -1.45. The van der Waals surface area contributed by atoms with Gasteiger partial charge in [0.2, 0.25) is 11.8 Å². The number of ether oxygens (including phenoxy) is 13. The zero-order valence-corrected chi connectivity index (χ0v) is 58.2. The third-order valence-electron chi connectivity index (χ3n) is 17.3. The maximum absolute atomic E-state index is 14.1. The van der Waals surface area contributed by atoms with Crippen molar-refractivity contribution in [1.29, 1.82) is 0 Å². The van der Waals surface area contributed by atoms with Crippen LogP contribution >= 0.6 is 0 Å². The Morgan fingerprint density at radius 1 is 0.604 bits per heavy atom. The van der Waals surface area contributed by atoms with Crippen LogP contribution in [0.2, 0.25) is 0 Å². The normalized spacial score (nSPS) is 17.2. The van der Waals surface area contributed by atoms with Gasteiger partial charge in [0.25, 0.3) is 23.6 Å². The first-order valence-electron chi connectivity index (χ1n) is 34.3. The number of imide groups is 1.